The Morgan fingerprint density at radius 3 is 2.81 bits per heavy atom. The molecule has 8 nitrogen and oxygen atoms in total. The Labute approximate surface area is 189 Å². The van der Waals surface area contributed by atoms with Gasteiger partial charge in [0, 0.05) is 6.07 Å². The molecule has 4 aromatic rings. The average molecular weight is 453 g/mol. The minimum atomic E-state index is -0.456. The maximum atomic E-state index is 13.3. The van der Waals surface area contributed by atoms with Gasteiger partial charge in [0.15, 0.2) is 11.0 Å². The SMILES string of the molecule is CCCCC(Sc1nc2ccccc2c(=O)n1Cc1ccco1)C(=O)Nc1cc(C)on1. The first kappa shape index (κ1) is 21.9. The summed E-state index contributed by atoms with van der Waals surface area (Å²) in [6.45, 7) is 4.07. The van der Waals surface area contributed by atoms with Crippen LogP contribution in [0.1, 0.15) is 37.7 Å². The number of unbranched alkanes of at least 4 members (excludes halogenated alkanes) is 1. The molecular formula is C23H24N4O4S. The second-order valence-corrected chi connectivity index (χ2v) is 8.61. The fraction of sp³-hybridized carbons (Fsp3) is 0.304. The van der Waals surface area contributed by atoms with Crippen molar-refractivity contribution in [3.05, 3.63) is 70.6 Å². The molecule has 0 fully saturated rings. The molecule has 0 spiro atoms. The van der Waals surface area contributed by atoms with Crippen molar-refractivity contribution in [2.45, 2.75) is 50.1 Å². The highest BCUT2D eigenvalue weighted by Crippen LogP contribution is 2.28. The Morgan fingerprint density at radius 1 is 1.25 bits per heavy atom. The summed E-state index contributed by atoms with van der Waals surface area (Å²) in [5.74, 6) is 1.41. The number of nitrogens with zero attached hydrogens (tertiary/aromatic N) is 3. The predicted molar refractivity (Wildman–Crippen MR) is 123 cm³/mol. The zero-order valence-electron chi connectivity index (χ0n) is 17.9. The van der Waals surface area contributed by atoms with Crippen LogP contribution in [0.2, 0.25) is 0 Å². The van der Waals surface area contributed by atoms with Gasteiger partial charge in [-0.3, -0.25) is 14.2 Å². The maximum Gasteiger partial charge on any atom is 0.262 e. The van der Waals surface area contributed by atoms with Crippen LogP contribution in [-0.2, 0) is 11.3 Å². The van der Waals surface area contributed by atoms with Gasteiger partial charge in [-0.05, 0) is 37.6 Å². The molecule has 4 rings (SSSR count). The molecule has 0 bridgehead atoms. The van der Waals surface area contributed by atoms with Gasteiger partial charge in [-0.1, -0.05) is 48.8 Å². The summed E-state index contributed by atoms with van der Waals surface area (Å²) in [5, 5.41) is 7.20. The first-order valence-corrected chi connectivity index (χ1v) is 11.4. The fourth-order valence-electron chi connectivity index (χ4n) is 3.33. The summed E-state index contributed by atoms with van der Waals surface area (Å²) in [5.41, 5.74) is 0.425. The molecule has 3 aromatic heterocycles. The number of hydrogen-bond donors (Lipinski definition) is 1. The summed E-state index contributed by atoms with van der Waals surface area (Å²) in [6, 6.07) is 12.5. The Kier molecular flexibility index (Phi) is 6.75. The molecule has 166 valence electrons. The number of furan rings is 1. The number of fused-ring (bicyclic) bond motifs is 1. The number of aromatic nitrogens is 3. The number of para-hydroxylation sites is 1. The maximum absolute atomic E-state index is 13.3. The number of benzene rings is 1. The number of aryl methyl sites for hydroxylation is 1. The molecule has 0 saturated carbocycles. The summed E-state index contributed by atoms with van der Waals surface area (Å²) in [7, 11) is 0. The van der Waals surface area contributed by atoms with Crippen molar-refractivity contribution in [1.82, 2.24) is 14.7 Å². The van der Waals surface area contributed by atoms with Gasteiger partial charge in [-0.15, -0.1) is 0 Å². The molecule has 1 unspecified atom stereocenters. The third-order valence-electron chi connectivity index (χ3n) is 4.96. The van der Waals surface area contributed by atoms with Crippen molar-refractivity contribution >= 4 is 34.4 Å². The van der Waals surface area contributed by atoms with Crippen LogP contribution in [0.25, 0.3) is 10.9 Å². The largest absolute Gasteiger partial charge is 0.467 e. The normalized spacial score (nSPS) is 12.2. The molecule has 1 N–H and O–H groups in total. The third kappa shape index (κ3) is 4.94. The van der Waals surface area contributed by atoms with E-state index < -0.39 is 5.25 Å². The minimum Gasteiger partial charge on any atom is -0.467 e. The van der Waals surface area contributed by atoms with Crippen molar-refractivity contribution in [3.63, 3.8) is 0 Å². The van der Waals surface area contributed by atoms with Gasteiger partial charge in [0.25, 0.3) is 5.56 Å². The van der Waals surface area contributed by atoms with E-state index in [1.54, 1.807) is 42.0 Å². The lowest BCUT2D eigenvalue weighted by Gasteiger charge is -2.18. The van der Waals surface area contributed by atoms with Gasteiger partial charge in [-0.2, -0.15) is 0 Å². The zero-order chi connectivity index (χ0) is 22.5. The molecule has 9 heteroatoms. The molecular weight excluding hydrogens is 428 g/mol. The van der Waals surface area contributed by atoms with Crippen molar-refractivity contribution in [1.29, 1.82) is 0 Å². The monoisotopic (exact) mass is 452 g/mol. The molecule has 32 heavy (non-hydrogen) atoms. The van der Waals surface area contributed by atoms with E-state index in [0.29, 0.717) is 39.8 Å². The number of nitrogens with one attached hydrogen (secondary N) is 1. The zero-order valence-corrected chi connectivity index (χ0v) is 18.7. The van der Waals surface area contributed by atoms with E-state index in [1.165, 1.54) is 11.8 Å². The van der Waals surface area contributed by atoms with Crippen molar-refractivity contribution < 1.29 is 13.7 Å². The molecule has 0 aliphatic heterocycles. The number of anilines is 1. The molecule has 0 saturated heterocycles. The third-order valence-corrected chi connectivity index (χ3v) is 6.22. The van der Waals surface area contributed by atoms with Gasteiger partial charge in [-0.25, -0.2) is 4.98 Å². The highest BCUT2D eigenvalue weighted by atomic mass is 32.2. The fourth-order valence-corrected chi connectivity index (χ4v) is 4.46. The number of carbonyl (C=O) groups is 1. The van der Waals surface area contributed by atoms with E-state index in [-0.39, 0.29) is 18.0 Å². The van der Waals surface area contributed by atoms with Crippen LogP contribution in [0, 0.1) is 6.92 Å². The standard InChI is InChI=1S/C23H24N4O4S/c1-3-4-11-19(21(28)25-20-13-15(2)31-26-20)32-23-24-18-10-6-5-9-17(18)22(29)27(23)14-16-8-7-12-30-16/h5-10,12-13,19H,3-4,11,14H2,1-2H3,(H,25,26,28). The molecule has 0 aliphatic rings. The summed E-state index contributed by atoms with van der Waals surface area (Å²) < 4.78 is 12.1. The van der Waals surface area contributed by atoms with E-state index in [0.717, 1.165) is 12.8 Å². The van der Waals surface area contributed by atoms with Crippen LogP contribution in [0.15, 0.2) is 67.6 Å². The Hall–Kier alpha value is -3.33. The van der Waals surface area contributed by atoms with E-state index >= 15 is 0 Å². The number of hydrogen-bond acceptors (Lipinski definition) is 7. The van der Waals surface area contributed by atoms with Crippen LogP contribution >= 0.6 is 11.8 Å². The van der Waals surface area contributed by atoms with Crippen LogP contribution in [-0.4, -0.2) is 25.9 Å². The van der Waals surface area contributed by atoms with Crippen LogP contribution in [0.3, 0.4) is 0 Å². The van der Waals surface area contributed by atoms with Crippen molar-refractivity contribution in [3.8, 4) is 0 Å². The topological polar surface area (TPSA) is 103 Å². The average Bonchev–Trinajstić information content (AvgIpc) is 3.45. The summed E-state index contributed by atoms with van der Waals surface area (Å²) >= 11 is 1.28. The van der Waals surface area contributed by atoms with Gasteiger partial charge >= 0.3 is 0 Å². The lowest BCUT2D eigenvalue weighted by molar-refractivity contribution is -0.115. The molecule has 0 radical (unpaired) electrons. The molecule has 1 aromatic carbocycles. The molecule has 3 heterocycles. The molecule has 1 atom stereocenters. The first-order valence-electron chi connectivity index (χ1n) is 10.5. The Bertz CT molecular complexity index is 1260. The number of thioether (sulfide) groups is 1. The second-order valence-electron chi connectivity index (χ2n) is 7.44. The van der Waals surface area contributed by atoms with Crippen LogP contribution < -0.4 is 10.9 Å². The quantitative estimate of drug-likeness (QED) is 0.292. The number of rotatable bonds is 9. The molecule has 1 amide bonds. The van der Waals surface area contributed by atoms with E-state index in [1.807, 2.05) is 18.2 Å². The minimum absolute atomic E-state index is 0.170. The van der Waals surface area contributed by atoms with Gasteiger partial charge in [0.05, 0.1) is 29.0 Å². The van der Waals surface area contributed by atoms with Crippen LogP contribution in [0.4, 0.5) is 5.82 Å². The highest BCUT2D eigenvalue weighted by molar-refractivity contribution is 8.00. The van der Waals surface area contributed by atoms with Gasteiger partial charge < -0.3 is 14.3 Å². The Balaban J connectivity index is 1.69. The van der Waals surface area contributed by atoms with E-state index in [9.17, 15) is 9.59 Å². The molecule has 0 aliphatic carbocycles. The second kappa shape index (κ2) is 9.86. The van der Waals surface area contributed by atoms with Crippen molar-refractivity contribution in [2.24, 2.45) is 0 Å². The number of carbonyl (C=O) groups excluding carboxylic acids is 1. The van der Waals surface area contributed by atoms with Gasteiger partial charge in [0.2, 0.25) is 5.91 Å². The van der Waals surface area contributed by atoms with Gasteiger partial charge in [0.1, 0.15) is 11.5 Å². The smallest absolute Gasteiger partial charge is 0.262 e. The van der Waals surface area contributed by atoms with Crippen LogP contribution in [0.5, 0.6) is 0 Å². The predicted octanol–water partition coefficient (Wildman–Crippen LogP) is 4.62. The summed E-state index contributed by atoms with van der Waals surface area (Å²) in [4.78, 5) is 31.1. The Morgan fingerprint density at radius 2 is 2.09 bits per heavy atom. The lowest BCUT2D eigenvalue weighted by Crippen LogP contribution is -2.29. The lowest BCUT2D eigenvalue weighted by atomic mass is 10.2. The van der Waals surface area contributed by atoms with E-state index in [2.05, 4.69) is 17.4 Å². The number of amides is 1. The van der Waals surface area contributed by atoms with Crippen molar-refractivity contribution in [2.75, 3.05) is 5.32 Å². The summed E-state index contributed by atoms with van der Waals surface area (Å²) in [6.07, 6.45) is 4.00. The highest BCUT2D eigenvalue weighted by Gasteiger charge is 2.24. The van der Waals surface area contributed by atoms with E-state index in [4.69, 9.17) is 13.9 Å². The first-order chi connectivity index (χ1) is 15.5.